The molecule has 2 amide bonds. The smallest absolute Gasteiger partial charge is 0.242 e. The van der Waals surface area contributed by atoms with Crippen LogP contribution in [-0.2, 0) is 9.59 Å². The van der Waals surface area contributed by atoms with Gasteiger partial charge < -0.3 is 10.6 Å². The van der Waals surface area contributed by atoms with E-state index in [0.29, 0.717) is 6.42 Å². The van der Waals surface area contributed by atoms with Gasteiger partial charge in [0.25, 0.3) is 0 Å². The topological polar surface area (TPSA) is 58.2 Å². The molecule has 1 atom stereocenters. The molecule has 0 bridgehead atoms. The fourth-order valence-electron chi connectivity index (χ4n) is 0.626. The molecule has 0 heterocycles. The van der Waals surface area contributed by atoms with Crippen LogP contribution < -0.4 is 10.6 Å². The predicted molar refractivity (Wildman–Crippen MR) is 42.0 cm³/mol. The van der Waals surface area contributed by atoms with Gasteiger partial charge in [0, 0.05) is 13.5 Å². The van der Waals surface area contributed by atoms with Crippen LogP contribution in [0.3, 0.4) is 0 Å². The van der Waals surface area contributed by atoms with Crippen LogP contribution in [0.2, 0.25) is 0 Å². The molecule has 0 radical (unpaired) electrons. The Kier molecular flexibility index (Phi) is 4.26. The van der Waals surface area contributed by atoms with Gasteiger partial charge in [-0.3, -0.25) is 9.59 Å². The summed E-state index contributed by atoms with van der Waals surface area (Å²) in [5.74, 6) is -0.284. The van der Waals surface area contributed by atoms with Crippen molar-refractivity contribution in [3.8, 4) is 0 Å². The fraction of sp³-hybridized carbons (Fsp3) is 0.714. The molecule has 4 heteroatoms. The SMILES string of the molecule is CCC(=O)N[C@@H](C)C(=O)NC. The van der Waals surface area contributed by atoms with Gasteiger partial charge in [-0.25, -0.2) is 0 Å². The molecular formula is C7H14N2O2. The molecule has 0 unspecified atom stereocenters. The van der Waals surface area contributed by atoms with E-state index in [2.05, 4.69) is 10.6 Å². The van der Waals surface area contributed by atoms with Gasteiger partial charge in [0.2, 0.25) is 11.8 Å². The summed E-state index contributed by atoms with van der Waals surface area (Å²) in [6, 6.07) is -0.438. The van der Waals surface area contributed by atoms with Crippen molar-refractivity contribution < 1.29 is 9.59 Å². The Hall–Kier alpha value is -1.06. The highest BCUT2D eigenvalue weighted by molar-refractivity contribution is 5.86. The van der Waals surface area contributed by atoms with E-state index in [4.69, 9.17) is 0 Å². The average Bonchev–Trinajstić information content (AvgIpc) is 2.02. The van der Waals surface area contributed by atoms with E-state index in [-0.39, 0.29) is 11.8 Å². The van der Waals surface area contributed by atoms with Gasteiger partial charge in [-0.1, -0.05) is 6.92 Å². The molecule has 0 saturated carbocycles. The van der Waals surface area contributed by atoms with Crippen LogP contribution in [0.15, 0.2) is 0 Å². The summed E-state index contributed by atoms with van der Waals surface area (Å²) in [5, 5.41) is 4.97. The molecule has 0 aliphatic carbocycles. The van der Waals surface area contributed by atoms with Crippen LogP contribution in [0.25, 0.3) is 0 Å². The lowest BCUT2D eigenvalue weighted by Crippen LogP contribution is -2.43. The van der Waals surface area contributed by atoms with Crippen molar-refractivity contribution >= 4 is 11.8 Å². The van der Waals surface area contributed by atoms with Gasteiger partial charge in [-0.15, -0.1) is 0 Å². The van der Waals surface area contributed by atoms with Gasteiger partial charge in [-0.05, 0) is 6.92 Å². The zero-order valence-corrected chi connectivity index (χ0v) is 7.10. The summed E-state index contributed by atoms with van der Waals surface area (Å²) in [6.07, 6.45) is 0.404. The monoisotopic (exact) mass is 158 g/mol. The van der Waals surface area contributed by atoms with Crippen molar-refractivity contribution in [1.82, 2.24) is 10.6 Å². The molecule has 0 spiro atoms. The highest BCUT2D eigenvalue weighted by Crippen LogP contribution is 1.83. The third-order valence-corrected chi connectivity index (χ3v) is 1.34. The third kappa shape index (κ3) is 3.60. The van der Waals surface area contributed by atoms with E-state index in [1.807, 2.05) is 0 Å². The number of hydrogen-bond acceptors (Lipinski definition) is 2. The van der Waals surface area contributed by atoms with Crippen LogP contribution >= 0.6 is 0 Å². The second kappa shape index (κ2) is 4.71. The molecule has 2 N–H and O–H groups in total. The van der Waals surface area contributed by atoms with Crippen molar-refractivity contribution in [3.05, 3.63) is 0 Å². The molecule has 0 aliphatic heterocycles. The third-order valence-electron chi connectivity index (χ3n) is 1.34. The van der Waals surface area contributed by atoms with Crippen LogP contribution in [-0.4, -0.2) is 24.9 Å². The first-order chi connectivity index (χ1) is 5.11. The molecule has 0 aromatic heterocycles. The quantitative estimate of drug-likeness (QED) is 0.589. The summed E-state index contributed by atoms with van der Waals surface area (Å²) in [5.41, 5.74) is 0. The molecule has 0 saturated heterocycles. The number of carbonyl (C=O) groups is 2. The molecular weight excluding hydrogens is 144 g/mol. The molecule has 0 rings (SSSR count). The van der Waals surface area contributed by atoms with E-state index >= 15 is 0 Å². The second-order valence-corrected chi connectivity index (χ2v) is 2.26. The Balaban J connectivity index is 3.77. The van der Waals surface area contributed by atoms with E-state index < -0.39 is 6.04 Å². The predicted octanol–water partition coefficient (Wildman–Crippen LogP) is -0.353. The Morgan fingerprint density at radius 2 is 2.00 bits per heavy atom. The van der Waals surface area contributed by atoms with Gasteiger partial charge in [0.05, 0.1) is 0 Å². The number of hydrogen-bond donors (Lipinski definition) is 2. The van der Waals surface area contributed by atoms with E-state index in [9.17, 15) is 9.59 Å². The summed E-state index contributed by atoms with van der Waals surface area (Å²) in [7, 11) is 1.54. The lowest BCUT2D eigenvalue weighted by molar-refractivity contribution is -0.128. The molecule has 4 nitrogen and oxygen atoms in total. The normalized spacial score (nSPS) is 11.9. The first-order valence-electron chi connectivity index (χ1n) is 3.62. The minimum absolute atomic E-state index is 0.110. The first-order valence-corrected chi connectivity index (χ1v) is 3.62. The minimum Gasteiger partial charge on any atom is -0.357 e. The average molecular weight is 158 g/mol. The number of amides is 2. The first kappa shape index (κ1) is 9.94. The largest absolute Gasteiger partial charge is 0.357 e. The standard InChI is InChI=1S/C7H14N2O2/c1-4-6(10)9-5(2)7(11)8-3/h5H,4H2,1-3H3,(H,8,11)(H,9,10)/t5-/m0/s1. The molecule has 64 valence electrons. The summed E-state index contributed by atoms with van der Waals surface area (Å²) < 4.78 is 0. The highest BCUT2D eigenvalue weighted by Gasteiger charge is 2.11. The van der Waals surface area contributed by atoms with Gasteiger partial charge in [0.15, 0.2) is 0 Å². The highest BCUT2D eigenvalue weighted by atomic mass is 16.2. The van der Waals surface area contributed by atoms with Gasteiger partial charge >= 0.3 is 0 Å². The molecule has 11 heavy (non-hydrogen) atoms. The van der Waals surface area contributed by atoms with E-state index in [0.717, 1.165) is 0 Å². The summed E-state index contributed by atoms with van der Waals surface area (Å²) >= 11 is 0. The zero-order valence-electron chi connectivity index (χ0n) is 7.10. The van der Waals surface area contributed by atoms with Crippen LogP contribution in [0, 0.1) is 0 Å². The van der Waals surface area contributed by atoms with Crippen LogP contribution in [0.4, 0.5) is 0 Å². The molecule has 0 aliphatic rings. The summed E-state index contributed by atoms with van der Waals surface area (Å²) in [6.45, 7) is 3.39. The summed E-state index contributed by atoms with van der Waals surface area (Å²) in [4.78, 5) is 21.6. The molecule has 0 aromatic rings. The zero-order chi connectivity index (χ0) is 8.85. The van der Waals surface area contributed by atoms with Crippen molar-refractivity contribution in [2.24, 2.45) is 0 Å². The maximum atomic E-state index is 10.8. The lowest BCUT2D eigenvalue weighted by atomic mass is 10.3. The van der Waals surface area contributed by atoms with Crippen molar-refractivity contribution in [2.45, 2.75) is 26.3 Å². The van der Waals surface area contributed by atoms with Crippen LogP contribution in [0.1, 0.15) is 20.3 Å². The Morgan fingerprint density at radius 3 is 2.36 bits per heavy atom. The van der Waals surface area contributed by atoms with Crippen molar-refractivity contribution in [2.75, 3.05) is 7.05 Å². The number of carbonyl (C=O) groups excluding carboxylic acids is 2. The maximum Gasteiger partial charge on any atom is 0.242 e. The Labute approximate surface area is 66.4 Å². The van der Waals surface area contributed by atoms with Crippen LogP contribution in [0.5, 0.6) is 0 Å². The van der Waals surface area contributed by atoms with E-state index in [1.54, 1.807) is 13.8 Å². The van der Waals surface area contributed by atoms with Crippen molar-refractivity contribution in [3.63, 3.8) is 0 Å². The van der Waals surface area contributed by atoms with Gasteiger partial charge in [-0.2, -0.15) is 0 Å². The molecule has 0 aromatic carbocycles. The minimum atomic E-state index is -0.438. The number of likely N-dealkylation sites (N-methyl/N-ethyl adjacent to an activating group) is 1. The van der Waals surface area contributed by atoms with E-state index in [1.165, 1.54) is 7.05 Å². The van der Waals surface area contributed by atoms with Gasteiger partial charge in [0.1, 0.15) is 6.04 Å². The Bertz CT molecular complexity index is 157. The van der Waals surface area contributed by atoms with Crippen molar-refractivity contribution in [1.29, 1.82) is 0 Å². The fourth-order valence-corrected chi connectivity index (χ4v) is 0.626. The Morgan fingerprint density at radius 1 is 1.45 bits per heavy atom. The second-order valence-electron chi connectivity index (χ2n) is 2.26. The number of nitrogens with one attached hydrogen (secondary N) is 2. The lowest BCUT2D eigenvalue weighted by Gasteiger charge is -2.10. The molecule has 0 fully saturated rings. The maximum absolute atomic E-state index is 10.8. The number of rotatable bonds is 3.